The number of H-pyrrole nitrogens is 2. The van der Waals surface area contributed by atoms with E-state index in [2.05, 4.69) is 231 Å². The third kappa shape index (κ3) is 21.4. The second-order valence-electron chi connectivity index (χ2n) is 36.4. The predicted molar refractivity (Wildman–Crippen MR) is 523 cm³/mol. The van der Waals surface area contributed by atoms with Crippen LogP contribution in [-0.2, 0) is 12.8 Å². The number of nitrogens with one attached hydrogen (secondary N) is 6. The number of fused-ring (bicyclic) bond motifs is 4. The van der Waals surface area contributed by atoms with Crippen LogP contribution in [0.5, 0.6) is 5.75 Å². The molecular weight excluding hydrogens is 1680 g/mol. The number of urea groups is 4. The lowest BCUT2D eigenvalue weighted by Crippen LogP contribution is -2.63. The summed E-state index contributed by atoms with van der Waals surface area (Å²) in [5.74, 6) is 6.86. The number of terminal acetylenes is 1. The molecule has 4 aliphatic heterocycles. The van der Waals surface area contributed by atoms with Gasteiger partial charge in [-0.15, -0.1) is 6.42 Å². The largest absolute Gasteiger partial charge is 0.497 e. The zero-order valence-corrected chi connectivity index (χ0v) is 78.6. The topological polar surface area (TPSA) is 286 Å². The van der Waals surface area contributed by atoms with Crippen LogP contribution in [0.15, 0.2) is 183 Å². The molecule has 10 heterocycles. The van der Waals surface area contributed by atoms with Gasteiger partial charge in [0.2, 0.25) is 0 Å². The van der Waals surface area contributed by atoms with Crippen LogP contribution in [0.3, 0.4) is 0 Å². The molecule has 132 heavy (non-hydrogen) atoms. The Morgan fingerprint density at radius 3 is 1.32 bits per heavy atom. The van der Waals surface area contributed by atoms with Crippen LogP contribution >= 0.6 is 11.6 Å². The summed E-state index contributed by atoms with van der Waals surface area (Å²) < 4.78 is 18.6. The summed E-state index contributed by atoms with van der Waals surface area (Å²) in [7, 11) is 1.64. The molecule has 29 heteroatoms. The Balaban J connectivity index is 0.000000135. The summed E-state index contributed by atoms with van der Waals surface area (Å²) >= 11 is 6.01. The third-order valence-electron chi connectivity index (χ3n) is 25.7. The molecule has 684 valence electrons. The molecular formula is C103H118ClFN22O5. The number of nitrogens with zero attached hydrogens (tertiary/aromatic N) is 16. The molecule has 6 aromatic carbocycles. The van der Waals surface area contributed by atoms with E-state index in [-0.39, 0.29) is 66.2 Å². The lowest BCUT2D eigenvalue weighted by Gasteiger charge is -2.47. The van der Waals surface area contributed by atoms with Crippen molar-refractivity contribution in [2.24, 2.45) is 0 Å². The molecule has 0 bridgehead atoms. The van der Waals surface area contributed by atoms with Gasteiger partial charge >= 0.3 is 24.1 Å². The molecule has 6 aromatic heterocycles. The van der Waals surface area contributed by atoms with Crippen LogP contribution in [0.4, 0.5) is 46.8 Å². The summed E-state index contributed by atoms with van der Waals surface area (Å²) in [5.41, 5.74) is 19.3. The number of rotatable bonds is 15. The highest BCUT2D eigenvalue weighted by Crippen LogP contribution is 2.40. The fourth-order valence-electron chi connectivity index (χ4n) is 18.4. The number of carbonyl (C=O) groups excluding carboxylic acids is 4. The molecule has 27 nitrogen and oxygen atoms in total. The van der Waals surface area contributed by atoms with Crippen molar-refractivity contribution in [2.75, 3.05) is 105 Å². The van der Waals surface area contributed by atoms with Crippen molar-refractivity contribution < 1.29 is 28.3 Å². The Kier molecular flexibility index (Phi) is 28.2. The first-order chi connectivity index (χ1) is 63.3. The van der Waals surface area contributed by atoms with Gasteiger partial charge in [0.25, 0.3) is 0 Å². The van der Waals surface area contributed by atoms with Crippen molar-refractivity contribution in [3.05, 3.63) is 278 Å². The number of anilines is 4. The minimum absolute atomic E-state index is 0.0171. The highest BCUT2D eigenvalue weighted by Gasteiger charge is 2.42. The van der Waals surface area contributed by atoms with E-state index < -0.39 is 11.1 Å². The van der Waals surface area contributed by atoms with Crippen LogP contribution in [0.25, 0.3) is 45.4 Å². The van der Waals surface area contributed by atoms with Crippen LogP contribution < -0.4 is 45.6 Å². The van der Waals surface area contributed by atoms with Crippen LogP contribution in [-0.4, -0.2) is 202 Å². The molecule has 18 rings (SSSR count). The number of ether oxygens (including phenoxy) is 1. The summed E-state index contributed by atoms with van der Waals surface area (Å²) in [5, 5.41) is 15.2. The van der Waals surface area contributed by atoms with Crippen molar-refractivity contribution in [3.63, 3.8) is 0 Å². The quantitative estimate of drug-likeness (QED) is 0.0520. The molecule has 0 spiro atoms. The average Bonchev–Trinajstić information content (AvgIpc) is 1.57. The lowest BCUT2D eigenvalue weighted by molar-refractivity contribution is 0.120. The summed E-state index contributed by atoms with van der Waals surface area (Å²) in [6.45, 7) is 36.7. The van der Waals surface area contributed by atoms with Gasteiger partial charge in [-0.3, -0.25) is 0 Å². The summed E-state index contributed by atoms with van der Waals surface area (Å²) in [6.07, 6.45) is 17.9. The molecule has 6 aliphatic rings. The van der Waals surface area contributed by atoms with Gasteiger partial charge in [-0.1, -0.05) is 126 Å². The molecule has 6 atom stereocenters. The van der Waals surface area contributed by atoms with Gasteiger partial charge in [0.15, 0.2) is 0 Å². The number of aromatic nitrogens is 10. The smallest absolute Gasteiger partial charge is 0.318 e. The molecule has 8 amide bonds. The Labute approximate surface area is 777 Å². The van der Waals surface area contributed by atoms with Crippen molar-refractivity contribution in [1.82, 2.24) is 90.7 Å². The normalized spacial score (nSPS) is 17.5. The molecule has 12 aromatic rings. The highest BCUT2D eigenvalue weighted by molar-refractivity contribution is 6.30. The monoisotopic (exact) mass is 1800 g/mol. The number of amides is 8. The predicted octanol–water partition coefficient (Wildman–Crippen LogP) is 17.8. The standard InChI is InChI=1S/C30H30ClN5O.C29H32FN5O.C22H28N6O2.C22H28N6O/c1-5-21-6-8-23(9-7-21)24-16-26-27(17-24)32-19-33-28(26)35-14-15-36(30(3,4)18-35)29(37)34-20(2)22-10-12-25(31)13-11-22;1-19-5-7-22(8-6-19)23-15-25-26(16-23)31-18-32-27(25)34-13-14-35(29(3,4)17-34)28(36)33-20(2)21-9-11-24(30)12-10-21;1-14-10-19-20(25-14)23-13-24-21(19)27-8-9-28(15(2)12-27)22(29)26-16(3)17-6-5-7-18(11-17)30-4;1-14-6-5-7-18(10-14)17(4)26-22(29)28-9-8-27(12-16(28)3)21-19-11-15(2)25-20(19)23-13-24-21/h1,6-13,16,19-20H,14-15,17-18H2,2-4H3,(H,34,37);5-12,15,18,20H,13-14,16-17H2,1-4H3,(H,33,36);5-7,10-11,13,15-16H,8-9,12H2,1-4H3,(H,26,29)(H,23,24,25);5-7,10-11,13,16-17H,8-9,12H2,1-4H3,(H,26,29)(H,23,24,25)/t2*20-;15-,16+;16-,17+/m0011/s1. The Bertz CT molecular complexity index is 6270. The number of aromatic amines is 2. The Hall–Kier alpha value is -13.9. The van der Waals surface area contributed by atoms with Gasteiger partial charge < -0.3 is 75.2 Å². The lowest BCUT2D eigenvalue weighted by atomic mass is 9.98. The zero-order chi connectivity index (χ0) is 93.4. The molecule has 4 saturated heterocycles. The number of hydrogen-bond acceptors (Lipinski definition) is 17. The molecule has 2 aliphatic carbocycles. The number of methoxy groups -OCH3 is 1. The minimum Gasteiger partial charge on any atom is -0.497 e. The minimum atomic E-state index is -0.412. The second-order valence-corrected chi connectivity index (χ2v) is 36.9. The maximum Gasteiger partial charge on any atom is 0.318 e. The van der Waals surface area contributed by atoms with E-state index >= 15 is 0 Å². The van der Waals surface area contributed by atoms with Gasteiger partial charge in [0, 0.05) is 137 Å². The van der Waals surface area contributed by atoms with Gasteiger partial charge in [-0.2, -0.15) is 0 Å². The van der Waals surface area contributed by atoms with Gasteiger partial charge in [0.05, 0.1) is 64.5 Å². The number of benzene rings is 6. The fourth-order valence-corrected chi connectivity index (χ4v) is 18.5. The number of hydrogen-bond donors (Lipinski definition) is 6. The van der Waals surface area contributed by atoms with Crippen molar-refractivity contribution in [2.45, 2.75) is 157 Å². The fraction of sp³-hybridized carbons (Fsp3) is 0.359. The SMILES string of the molecule is C#Cc1ccc(C2=Cc3c(ncnc3N3CCN(C(=O)N[C@@H](C)c4ccc(Cl)cc4)C(C)(C)C3)C2)cc1.COc1cccc([C@H](C)NC(=O)N2CCN(c3ncnc4[nH]c(C)cc34)C[C@H]2C)c1.Cc1ccc(C2=Cc3c(ncnc3N3CCN(C(=O)N[C@@H](C)c4ccc(F)cc4)C(C)(C)C3)C2)cc1.Cc1cccc([C@H](C)NC(=O)N2CCN(c3ncnc4[nH]c(C)cc34)C[C@H]2C)c1. The first-order valence-corrected chi connectivity index (χ1v) is 45.6. The number of piperazine rings is 4. The number of carbonyl (C=O) groups is 4. The van der Waals surface area contributed by atoms with E-state index in [1.54, 1.807) is 44.6 Å². The van der Waals surface area contributed by atoms with Gasteiger partial charge in [-0.05, 0) is 214 Å². The van der Waals surface area contributed by atoms with E-state index in [0.29, 0.717) is 57.4 Å². The van der Waals surface area contributed by atoms with E-state index in [9.17, 15) is 23.6 Å². The maximum atomic E-state index is 13.3. The molecule has 0 saturated carbocycles. The van der Waals surface area contributed by atoms with Crippen LogP contribution in [0.1, 0.15) is 177 Å². The molecule has 4 fully saturated rings. The maximum absolute atomic E-state index is 13.3. The second kappa shape index (κ2) is 40.2. The van der Waals surface area contributed by atoms with E-state index in [0.717, 1.165) is 157 Å². The van der Waals surface area contributed by atoms with Crippen molar-refractivity contribution >= 4 is 104 Å². The number of allylic oxidation sites excluding steroid dienone is 2. The zero-order valence-electron chi connectivity index (χ0n) is 77.9. The summed E-state index contributed by atoms with van der Waals surface area (Å²) in [6, 6.07) is 50.0. The average molecular weight is 1800 g/mol. The van der Waals surface area contributed by atoms with Gasteiger partial charge in [0.1, 0.15) is 71.4 Å². The Morgan fingerprint density at radius 1 is 0.470 bits per heavy atom. The molecule has 0 radical (unpaired) electrons. The van der Waals surface area contributed by atoms with Crippen molar-refractivity contribution in [3.8, 4) is 18.1 Å². The molecule has 0 unspecified atom stereocenters. The van der Waals surface area contributed by atoms with Crippen molar-refractivity contribution in [1.29, 1.82) is 0 Å². The first kappa shape index (κ1) is 92.8. The first-order valence-electron chi connectivity index (χ1n) is 45.2. The van der Waals surface area contributed by atoms with Crippen LogP contribution in [0, 0.1) is 45.9 Å². The summed E-state index contributed by atoms with van der Waals surface area (Å²) in [4.78, 5) is 112. The highest BCUT2D eigenvalue weighted by atomic mass is 35.5. The number of aryl methyl sites for hydroxylation is 4. The van der Waals surface area contributed by atoms with Gasteiger partial charge in [-0.25, -0.2) is 63.4 Å². The van der Waals surface area contributed by atoms with E-state index in [1.807, 2.05) is 128 Å². The third-order valence-corrected chi connectivity index (χ3v) is 25.9. The van der Waals surface area contributed by atoms with E-state index in [1.165, 1.54) is 40.0 Å². The molecule has 6 N–H and O–H groups in total. The Morgan fingerprint density at radius 2 is 0.879 bits per heavy atom. The van der Waals surface area contributed by atoms with E-state index in [4.69, 9.17) is 22.8 Å². The van der Waals surface area contributed by atoms with Crippen LogP contribution in [0.2, 0.25) is 5.02 Å². The number of halogens is 2.